The highest BCUT2D eigenvalue weighted by atomic mass is 31.2. The summed E-state index contributed by atoms with van der Waals surface area (Å²) in [5.74, 6) is 3.24. The van der Waals surface area contributed by atoms with Crippen LogP contribution in [0.2, 0.25) is 0 Å². The molecule has 0 amide bonds. The Labute approximate surface area is 256 Å². The van der Waals surface area contributed by atoms with Crippen molar-refractivity contribution in [1.29, 1.82) is 0 Å². The van der Waals surface area contributed by atoms with Crippen LogP contribution in [0.15, 0.2) is 121 Å². The first-order valence-corrected chi connectivity index (χ1v) is 16.1. The van der Waals surface area contributed by atoms with E-state index in [0.29, 0.717) is 28.7 Å². The molecule has 0 spiro atoms. The van der Waals surface area contributed by atoms with Crippen molar-refractivity contribution in [3.8, 4) is 28.7 Å². The van der Waals surface area contributed by atoms with E-state index in [9.17, 15) is 0 Å². The Kier molecular flexibility index (Phi) is 10.5. The van der Waals surface area contributed by atoms with Crippen LogP contribution in [-0.4, -0.2) is 0 Å². The van der Waals surface area contributed by atoms with Crippen molar-refractivity contribution < 1.29 is 27.1 Å². The largest absolute Gasteiger partial charge is 0.530 e. The molecule has 8 heteroatoms. The lowest BCUT2D eigenvalue weighted by Gasteiger charge is -2.21. The molecule has 0 N–H and O–H groups in total. The maximum absolute atomic E-state index is 6.40. The molecule has 0 aliphatic carbocycles. The highest BCUT2D eigenvalue weighted by Gasteiger charge is 2.23. The van der Waals surface area contributed by atoms with Crippen LogP contribution >= 0.6 is 17.2 Å². The highest BCUT2D eigenvalue weighted by molar-refractivity contribution is 7.43. The zero-order valence-electron chi connectivity index (χ0n) is 24.6. The van der Waals surface area contributed by atoms with Crippen LogP contribution in [0.25, 0.3) is 0 Å². The molecule has 0 bridgehead atoms. The van der Waals surface area contributed by atoms with Crippen LogP contribution in [0.1, 0.15) is 27.8 Å². The first-order chi connectivity index (χ1) is 20.9. The van der Waals surface area contributed by atoms with Gasteiger partial charge in [-0.1, -0.05) is 66.7 Å². The van der Waals surface area contributed by atoms with Gasteiger partial charge in [-0.3, -0.25) is 4.52 Å². The van der Waals surface area contributed by atoms with E-state index in [4.69, 9.17) is 27.1 Å². The number of rotatable bonds is 13. The average molecular weight is 613 g/mol. The fourth-order valence-electron chi connectivity index (χ4n) is 4.07. The van der Waals surface area contributed by atoms with Crippen LogP contribution in [0.4, 0.5) is 0 Å². The van der Waals surface area contributed by atoms with Gasteiger partial charge < -0.3 is 22.6 Å². The van der Waals surface area contributed by atoms with Crippen LogP contribution in [0, 0.1) is 27.7 Å². The lowest BCUT2D eigenvalue weighted by molar-refractivity contribution is 0.253. The molecular weight excluding hydrogens is 578 g/mol. The van der Waals surface area contributed by atoms with E-state index in [-0.39, 0.29) is 6.61 Å². The standard InChI is InChI=1S/C35H34O6P2/c1-26-11-7-16-31(21-26)37-42(38-32-17-8-12-27(2)22-32)36-25-30-15-5-6-20-35(30)41-43(39-33-18-9-13-28(3)23-33)40-34-19-10-14-29(4)24-34/h5-24H,25H2,1-4H3. The van der Waals surface area contributed by atoms with Gasteiger partial charge in [0.05, 0.1) is 6.61 Å². The fourth-order valence-corrected chi connectivity index (χ4v) is 6.06. The van der Waals surface area contributed by atoms with E-state index < -0.39 is 17.2 Å². The Bertz CT molecular complexity index is 1550. The summed E-state index contributed by atoms with van der Waals surface area (Å²) in [7, 11) is -3.65. The van der Waals surface area contributed by atoms with Crippen molar-refractivity contribution in [1.82, 2.24) is 0 Å². The molecule has 0 radical (unpaired) electrons. The van der Waals surface area contributed by atoms with E-state index in [1.165, 1.54) is 0 Å². The molecule has 220 valence electrons. The van der Waals surface area contributed by atoms with Gasteiger partial charge >= 0.3 is 17.2 Å². The van der Waals surface area contributed by atoms with Gasteiger partial charge in [0.15, 0.2) is 0 Å². The summed E-state index contributed by atoms with van der Waals surface area (Å²) < 4.78 is 37.5. The molecule has 5 aromatic rings. The topological polar surface area (TPSA) is 55.4 Å². The maximum atomic E-state index is 6.40. The first-order valence-electron chi connectivity index (χ1n) is 13.9. The van der Waals surface area contributed by atoms with E-state index in [2.05, 4.69) is 0 Å². The molecule has 0 aromatic heterocycles. The summed E-state index contributed by atoms with van der Waals surface area (Å²) in [6.45, 7) is 8.24. The van der Waals surface area contributed by atoms with Crippen molar-refractivity contribution in [3.05, 3.63) is 149 Å². The SMILES string of the molecule is Cc1cccc(OP(OCc2ccccc2OP(Oc2cccc(C)c2)Oc2cccc(C)c2)Oc2cccc(C)c2)c1. The molecule has 0 saturated heterocycles. The third kappa shape index (κ3) is 9.46. The van der Waals surface area contributed by atoms with Gasteiger partial charge in [0.25, 0.3) is 0 Å². The average Bonchev–Trinajstić information content (AvgIpc) is 2.97. The molecule has 0 heterocycles. The minimum absolute atomic E-state index is 0.178. The van der Waals surface area contributed by atoms with E-state index in [1.807, 2.05) is 149 Å². The summed E-state index contributed by atoms with van der Waals surface area (Å²) >= 11 is 0. The molecule has 43 heavy (non-hydrogen) atoms. The van der Waals surface area contributed by atoms with Gasteiger partial charge in [-0.25, -0.2) is 0 Å². The van der Waals surface area contributed by atoms with Gasteiger partial charge in [-0.2, -0.15) is 0 Å². The van der Waals surface area contributed by atoms with Crippen molar-refractivity contribution in [3.63, 3.8) is 0 Å². The van der Waals surface area contributed by atoms with Gasteiger partial charge in [-0.15, -0.1) is 0 Å². The monoisotopic (exact) mass is 612 g/mol. The quantitative estimate of drug-likeness (QED) is 0.123. The zero-order valence-corrected chi connectivity index (χ0v) is 26.4. The molecule has 5 rings (SSSR count). The fraction of sp³-hybridized carbons (Fsp3) is 0.143. The molecule has 0 aliphatic rings. The van der Waals surface area contributed by atoms with Crippen molar-refractivity contribution in [2.75, 3.05) is 0 Å². The third-order valence-corrected chi connectivity index (χ3v) is 8.27. The Hall–Kier alpha value is -4.08. The lowest BCUT2D eigenvalue weighted by atomic mass is 10.2. The Morgan fingerprint density at radius 3 is 1.23 bits per heavy atom. The summed E-state index contributed by atoms with van der Waals surface area (Å²) in [4.78, 5) is 0. The number of aryl methyl sites for hydroxylation is 4. The van der Waals surface area contributed by atoms with Crippen LogP contribution in [-0.2, 0) is 11.1 Å². The van der Waals surface area contributed by atoms with Gasteiger partial charge in [-0.05, 0) is 105 Å². The molecule has 0 unspecified atom stereocenters. The van der Waals surface area contributed by atoms with Crippen LogP contribution in [0.3, 0.4) is 0 Å². The number of para-hydroxylation sites is 1. The predicted octanol–water partition coefficient (Wildman–Crippen LogP) is 10.6. The predicted molar refractivity (Wildman–Crippen MR) is 173 cm³/mol. The van der Waals surface area contributed by atoms with Crippen LogP contribution in [0.5, 0.6) is 28.7 Å². The number of hydrogen-bond donors (Lipinski definition) is 0. The van der Waals surface area contributed by atoms with E-state index in [0.717, 1.165) is 27.8 Å². The van der Waals surface area contributed by atoms with Gasteiger partial charge in [0, 0.05) is 5.56 Å². The second-order valence-corrected chi connectivity index (χ2v) is 12.1. The second-order valence-electron chi connectivity index (χ2n) is 10.1. The molecule has 0 saturated carbocycles. The molecule has 0 aliphatic heterocycles. The zero-order chi connectivity index (χ0) is 30.0. The van der Waals surface area contributed by atoms with Gasteiger partial charge in [0.2, 0.25) is 0 Å². The lowest BCUT2D eigenvalue weighted by Crippen LogP contribution is -2.05. The molecule has 0 atom stereocenters. The Morgan fingerprint density at radius 2 is 0.814 bits per heavy atom. The summed E-state index contributed by atoms with van der Waals surface area (Å²) in [6.07, 6.45) is 0. The minimum atomic E-state index is -1.86. The smallest absolute Gasteiger partial charge is 0.418 e. The van der Waals surface area contributed by atoms with E-state index >= 15 is 0 Å². The van der Waals surface area contributed by atoms with E-state index in [1.54, 1.807) is 0 Å². The molecule has 5 aromatic carbocycles. The Balaban J connectivity index is 1.35. The minimum Gasteiger partial charge on any atom is -0.418 e. The van der Waals surface area contributed by atoms with Crippen molar-refractivity contribution >= 4 is 17.2 Å². The highest BCUT2D eigenvalue weighted by Crippen LogP contribution is 2.46. The molecular formula is C35H34O6P2. The van der Waals surface area contributed by atoms with Gasteiger partial charge in [0.1, 0.15) is 28.7 Å². The second kappa shape index (κ2) is 14.9. The van der Waals surface area contributed by atoms with Crippen molar-refractivity contribution in [2.24, 2.45) is 0 Å². The number of benzene rings is 5. The third-order valence-electron chi connectivity index (χ3n) is 6.15. The maximum Gasteiger partial charge on any atom is 0.530 e. The summed E-state index contributed by atoms with van der Waals surface area (Å²) in [5.41, 5.74) is 5.11. The Morgan fingerprint density at radius 1 is 0.419 bits per heavy atom. The normalized spacial score (nSPS) is 10.9. The molecule has 0 fully saturated rings. The van der Waals surface area contributed by atoms with Crippen molar-refractivity contribution in [2.45, 2.75) is 34.3 Å². The summed E-state index contributed by atoms with van der Waals surface area (Å²) in [5, 5.41) is 0. The molecule has 6 nitrogen and oxygen atoms in total. The number of hydrogen-bond acceptors (Lipinski definition) is 6. The summed E-state index contributed by atoms with van der Waals surface area (Å²) in [6, 6.07) is 38.8. The van der Waals surface area contributed by atoms with Crippen LogP contribution < -0.4 is 22.6 Å². The first kappa shape index (κ1) is 30.4.